The van der Waals surface area contributed by atoms with Gasteiger partial charge in [0.05, 0.1) is 11.2 Å². The Labute approximate surface area is 120 Å². The molecule has 2 fully saturated rings. The summed E-state index contributed by atoms with van der Waals surface area (Å²) in [6.07, 6.45) is 1.16. The van der Waals surface area contributed by atoms with Crippen molar-refractivity contribution in [3.8, 4) is 0 Å². The molecular formula is C14H27NOS2. The monoisotopic (exact) mass is 289 g/mol. The molecule has 0 spiro atoms. The maximum Gasteiger partial charge on any atom is 0.0678 e. The van der Waals surface area contributed by atoms with Crippen molar-refractivity contribution in [3.05, 3.63) is 0 Å². The zero-order valence-electron chi connectivity index (χ0n) is 12.3. The summed E-state index contributed by atoms with van der Waals surface area (Å²) in [7, 11) is 2.12. The van der Waals surface area contributed by atoms with Crippen molar-refractivity contribution in [1.82, 2.24) is 5.32 Å². The third kappa shape index (κ3) is 3.20. The molecule has 2 nitrogen and oxygen atoms in total. The Morgan fingerprint density at radius 3 is 2.39 bits per heavy atom. The molecule has 0 bridgehead atoms. The van der Waals surface area contributed by atoms with Crippen molar-refractivity contribution < 1.29 is 4.74 Å². The molecule has 3 atom stereocenters. The van der Waals surface area contributed by atoms with E-state index in [-0.39, 0.29) is 11.2 Å². The second kappa shape index (κ2) is 5.55. The van der Waals surface area contributed by atoms with Crippen molar-refractivity contribution in [2.75, 3.05) is 24.3 Å². The van der Waals surface area contributed by atoms with Crippen molar-refractivity contribution >= 4 is 23.5 Å². The Morgan fingerprint density at radius 1 is 1.22 bits per heavy atom. The van der Waals surface area contributed by atoms with Gasteiger partial charge in [-0.1, -0.05) is 0 Å². The van der Waals surface area contributed by atoms with Crippen LogP contribution in [0.25, 0.3) is 0 Å². The van der Waals surface area contributed by atoms with Crippen LogP contribution in [0.4, 0.5) is 0 Å². The van der Waals surface area contributed by atoms with Gasteiger partial charge in [0.15, 0.2) is 0 Å². The summed E-state index contributed by atoms with van der Waals surface area (Å²) < 4.78 is 6.27. The minimum atomic E-state index is -0.0140. The number of thioether (sulfide) groups is 2. The van der Waals surface area contributed by atoms with Crippen molar-refractivity contribution in [3.63, 3.8) is 0 Å². The van der Waals surface area contributed by atoms with Gasteiger partial charge in [0.2, 0.25) is 0 Å². The average Bonchev–Trinajstić information content (AvgIpc) is 2.50. The molecule has 2 heterocycles. The number of hydrogen-bond acceptors (Lipinski definition) is 4. The van der Waals surface area contributed by atoms with Gasteiger partial charge in [0.25, 0.3) is 0 Å². The molecule has 0 aromatic heterocycles. The highest BCUT2D eigenvalue weighted by atomic mass is 32.2. The molecule has 2 saturated heterocycles. The zero-order chi connectivity index (χ0) is 13.4. The standard InChI is InChI=1S/C14H27NOS2/c1-13(2)8-10(14(3,4)16-13)12(15-5)11-9-17-6-7-18-11/h10-12,15H,6-9H2,1-5H3. The van der Waals surface area contributed by atoms with Crippen molar-refractivity contribution in [2.24, 2.45) is 5.92 Å². The molecule has 0 aliphatic carbocycles. The van der Waals surface area contributed by atoms with Crippen LogP contribution in [0.15, 0.2) is 0 Å². The molecule has 0 aromatic carbocycles. The maximum atomic E-state index is 6.27. The van der Waals surface area contributed by atoms with E-state index < -0.39 is 0 Å². The lowest BCUT2D eigenvalue weighted by Crippen LogP contribution is -2.50. The summed E-state index contributed by atoms with van der Waals surface area (Å²) in [6.45, 7) is 8.98. The lowest BCUT2D eigenvalue weighted by Gasteiger charge is -2.38. The first-order valence-corrected chi connectivity index (χ1v) is 9.13. The summed E-state index contributed by atoms with van der Waals surface area (Å²) >= 11 is 4.25. The molecule has 4 heteroatoms. The van der Waals surface area contributed by atoms with Crippen molar-refractivity contribution in [2.45, 2.75) is 56.6 Å². The number of hydrogen-bond donors (Lipinski definition) is 1. The highest BCUT2D eigenvalue weighted by molar-refractivity contribution is 8.06. The predicted octanol–water partition coefficient (Wildman–Crippen LogP) is 3.02. The largest absolute Gasteiger partial charge is 0.369 e. The Bertz CT molecular complexity index is 288. The van der Waals surface area contributed by atoms with E-state index >= 15 is 0 Å². The van der Waals surface area contributed by atoms with Gasteiger partial charge in [0, 0.05) is 34.5 Å². The van der Waals surface area contributed by atoms with Gasteiger partial charge in [-0.3, -0.25) is 0 Å². The fraction of sp³-hybridized carbons (Fsp3) is 1.00. The van der Waals surface area contributed by atoms with Crippen LogP contribution < -0.4 is 5.32 Å². The molecule has 0 amide bonds. The van der Waals surface area contributed by atoms with Crippen LogP contribution in [-0.2, 0) is 4.74 Å². The molecule has 1 N–H and O–H groups in total. The molecule has 0 saturated carbocycles. The van der Waals surface area contributed by atoms with Crippen LogP contribution >= 0.6 is 23.5 Å². The molecular weight excluding hydrogens is 262 g/mol. The smallest absolute Gasteiger partial charge is 0.0678 e. The van der Waals surface area contributed by atoms with Gasteiger partial charge < -0.3 is 10.1 Å². The van der Waals surface area contributed by atoms with E-state index in [1.807, 2.05) is 0 Å². The van der Waals surface area contributed by atoms with E-state index in [1.165, 1.54) is 17.3 Å². The fourth-order valence-electron chi connectivity index (χ4n) is 3.52. The van der Waals surface area contributed by atoms with Gasteiger partial charge in [-0.25, -0.2) is 0 Å². The Morgan fingerprint density at radius 2 is 1.94 bits per heavy atom. The molecule has 106 valence electrons. The number of ether oxygens (including phenoxy) is 1. The SMILES string of the molecule is CNC(C1CSCCS1)C1CC(C)(C)OC1(C)C. The van der Waals surface area contributed by atoms with Crippen LogP contribution in [0, 0.1) is 5.92 Å². The Kier molecular flexibility index (Phi) is 4.63. The summed E-state index contributed by atoms with van der Waals surface area (Å²) in [5, 5.41) is 4.32. The van der Waals surface area contributed by atoms with Gasteiger partial charge in [0.1, 0.15) is 0 Å². The highest BCUT2D eigenvalue weighted by Gasteiger charge is 2.50. The second-order valence-corrected chi connectivity index (χ2v) is 9.07. The topological polar surface area (TPSA) is 21.3 Å². The number of nitrogens with one attached hydrogen (secondary N) is 1. The van der Waals surface area contributed by atoms with E-state index in [9.17, 15) is 0 Å². The van der Waals surface area contributed by atoms with E-state index in [0.29, 0.717) is 12.0 Å². The van der Waals surface area contributed by atoms with E-state index in [0.717, 1.165) is 11.7 Å². The van der Waals surface area contributed by atoms with Crippen LogP contribution in [0.5, 0.6) is 0 Å². The van der Waals surface area contributed by atoms with Crippen molar-refractivity contribution in [1.29, 1.82) is 0 Å². The Hall–Kier alpha value is 0.620. The van der Waals surface area contributed by atoms with Crippen LogP contribution in [0.2, 0.25) is 0 Å². The van der Waals surface area contributed by atoms with E-state index in [4.69, 9.17) is 4.74 Å². The summed E-state index contributed by atoms with van der Waals surface area (Å²) in [4.78, 5) is 0. The quantitative estimate of drug-likeness (QED) is 0.862. The van der Waals surface area contributed by atoms with Gasteiger partial charge in [-0.2, -0.15) is 23.5 Å². The molecule has 2 aliphatic heterocycles. The first-order valence-electron chi connectivity index (χ1n) is 6.92. The fourth-order valence-corrected chi connectivity index (χ4v) is 6.50. The maximum absolute atomic E-state index is 6.27. The minimum absolute atomic E-state index is 0.0140. The lowest BCUT2D eigenvalue weighted by atomic mass is 9.80. The summed E-state index contributed by atoms with van der Waals surface area (Å²) in [5.74, 6) is 4.50. The normalized spacial score (nSPS) is 36.5. The minimum Gasteiger partial charge on any atom is -0.369 e. The number of rotatable bonds is 3. The first-order chi connectivity index (χ1) is 8.36. The molecule has 18 heavy (non-hydrogen) atoms. The summed E-state index contributed by atoms with van der Waals surface area (Å²) in [5.41, 5.74) is 0.00952. The van der Waals surface area contributed by atoms with Gasteiger partial charge in [-0.15, -0.1) is 0 Å². The molecule has 2 rings (SSSR count). The molecule has 2 aliphatic rings. The van der Waals surface area contributed by atoms with Gasteiger partial charge >= 0.3 is 0 Å². The van der Waals surface area contributed by atoms with E-state index in [2.05, 4.69) is 63.6 Å². The van der Waals surface area contributed by atoms with E-state index in [1.54, 1.807) is 0 Å². The average molecular weight is 290 g/mol. The van der Waals surface area contributed by atoms with Gasteiger partial charge in [-0.05, 0) is 41.2 Å². The lowest BCUT2D eigenvalue weighted by molar-refractivity contribution is -0.0773. The summed E-state index contributed by atoms with van der Waals surface area (Å²) in [6, 6.07) is 0.569. The predicted molar refractivity (Wildman–Crippen MR) is 83.8 cm³/mol. The zero-order valence-corrected chi connectivity index (χ0v) is 13.9. The van der Waals surface area contributed by atoms with Crippen LogP contribution in [-0.4, -0.2) is 46.8 Å². The molecule has 3 unspecified atom stereocenters. The van der Waals surface area contributed by atoms with Crippen LogP contribution in [0.1, 0.15) is 34.1 Å². The second-order valence-electron chi connectivity index (χ2n) is 6.57. The van der Waals surface area contributed by atoms with Crippen LogP contribution in [0.3, 0.4) is 0 Å². The highest BCUT2D eigenvalue weighted by Crippen LogP contribution is 2.46. The Balaban J connectivity index is 2.11. The molecule has 0 aromatic rings. The first kappa shape index (κ1) is 15.0. The molecule has 0 radical (unpaired) electrons. The third-order valence-corrected chi connectivity index (χ3v) is 7.04. The third-order valence-electron chi connectivity index (χ3n) is 4.15.